The number of carbonyl (C=O) groups is 1. The highest BCUT2D eigenvalue weighted by Gasteiger charge is 2.19. The van der Waals surface area contributed by atoms with E-state index in [1.54, 1.807) is 18.6 Å². The van der Waals surface area contributed by atoms with Gasteiger partial charge in [0.15, 0.2) is 5.13 Å². The number of rotatable bonds is 2. The van der Waals surface area contributed by atoms with Crippen LogP contribution in [0.15, 0.2) is 36.9 Å². The Balaban J connectivity index is 1.75. The molecule has 0 aliphatic heterocycles. The molecular weight excluding hydrogens is 315 g/mol. The number of benzene rings is 1. The van der Waals surface area contributed by atoms with Crippen molar-refractivity contribution in [2.45, 2.75) is 27.3 Å². The molecule has 1 amide bonds. The topological polar surface area (TPSA) is 50.8 Å². The van der Waals surface area contributed by atoms with Crippen LogP contribution in [0.4, 0.5) is 14.3 Å². The molecule has 23 heavy (non-hydrogen) atoms. The van der Waals surface area contributed by atoms with E-state index in [9.17, 15) is 9.18 Å². The summed E-state index contributed by atoms with van der Waals surface area (Å²) in [4.78, 5) is 16.6. The van der Waals surface area contributed by atoms with E-state index in [0.717, 1.165) is 6.54 Å². The molecule has 0 aliphatic rings. The van der Waals surface area contributed by atoms with E-state index < -0.39 is 0 Å². The number of thiazole rings is 1. The average molecular weight is 333 g/mol. The van der Waals surface area contributed by atoms with Gasteiger partial charge < -0.3 is 0 Å². The fourth-order valence-corrected chi connectivity index (χ4v) is 3.14. The molecule has 1 aromatic carbocycles. The average Bonchev–Trinajstić information content (AvgIpc) is 3.02. The zero-order valence-electron chi connectivity index (χ0n) is 13.2. The normalized spacial score (nSPS) is 11.8. The molecule has 0 aliphatic carbocycles. The van der Waals surface area contributed by atoms with Crippen LogP contribution in [0.5, 0.6) is 0 Å². The SMILES string of the molecule is CC(C)(C)C[n+]1ccn(C(=O)Nc2nc3ccc(F)cc3s2)c1. The fraction of sp³-hybridized carbons (Fsp3) is 0.312. The number of nitrogens with zero attached hydrogens (tertiary/aromatic N) is 3. The summed E-state index contributed by atoms with van der Waals surface area (Å²) in [5.74, 6) is -0.312. The summed E-state index contributed by atoms with van der Waals surface area (Å²) < 4.78 is 17.3. The maximum absolute atomic E-state index is 13.2. The number of anilines is 1. The van der Waals surface area contributed by atoms with Gasteiger partial charge in [0.25, 0.3) is 6.33 Å². The first kappa shape index (κ1) is 15.6. The monoisotopic (exact) mass is 333 g/mol. The van der Waals surface area contributed by atoms with Crippen molar-refractivity contribution < 1.29 is 13.8 Å². The summed E-state index contributed by atoms with van der Waals surface area (Å²) in [5.41, 5.74) is 0.798. The van der Waals surface area contributed by atoms with Crippen molar-refractivity contribution in [3.05, 3.63) is 42.7 Å². The second-order valence-electron chi connectivity index (χ2n) is 6.62. The molecule has 0 saturated heterocycles. The molecule has 0 atom stereocenters. The summed E-state index contributed by atoms with van der Waals surface area (Å²) in [5, 5.41) is 3.19. The van der Waals surface area contributed by atoms with Gasteiger partial charge in [0, 0.05) is 0 Å². The summed E-state index contributed by atoms with van der Waals surface area (Å²) in [6.07, 6.45) is 5.31. The highest BCUT2D eigenvalue weighted by atomic mass is 32.1. The Bertz CT molecular complexity index is 862. The lowest BCUT2D eigenvalue weighted by Crippen LogP contribution is -2.38. The van der Waals surface area contributed by atoms with Crippen LogP contribution in [0.2, 0.25) is 0 Å². The predicted octanol–water partition coefficient (Wildman–Crippen LogP) is 3.65. The Morgan fingerprint density at radius 3 is 2.96 bits per heavy atom. The standard InChI is InChI=1S/C16H17FN4OS/c1-16(2,3)9-20-6-7-21(10-20)15(22)19-14-18-12-5-4-11(17)8-13(12)23-14/h4-8,10H,9H2,1-3H3/p+1. The molecule has 2 heterocycles. The Hall–Kier alpha value is -2.28. The van der Waals surface area contributed by atoms with Crippen molar-refractivity contribution in [1.82, 2.24) is 9.55 Å². The third kappa shape index (κ3) is 3.73. The van der Waals surface area contributed by atoms with E-state index in [2.05, 4.69) is 31.1 Å². The van der Waals surface area contributed by atoms with E-state index in [1.165, 1.54) is 28.0 Å². The number of nitrogens with one attached hydrogen (secondary N) is 1. The van der Waals surface area contributed by atoms with Crippen LogP contribution in [0.25, 0.3) is 10.2 Å². The van der Waals surface area contributed by atoms with Crippen LogP contribution in [-0.4, -0.2) is 15.6 Å². The zero-order valence-corrected chi connectivity index (χ0v) is 14.0. The molecule has 0 spiro atoms. The van der Waals surface area contributed by atoms with Gasteiger partial charge in [-0.3, -0.25) is 5.32 Å². The minimum absolute atomic E-state index is 0.129. The Morgan fingerprint density at radius 1 is 1.43 bits per heavy atom. The Morgan fingerprint density at radius 2 is 2.22 bits per heavy atom. The van der Waals surface area contributed by atoms with E-state index >= 15 is 0 Å². The maximum atomic E-state index is 13.2. The van der Waals surface area contributed by atoms with Crippen molar-refractivity contribution >= 4 is 32.7 Å². The minimum atomic E-state index is -0.312. The van der Waals surface area contributed by atoms with Crippen LogP contribution >= 0.6 is 11.3 Å². The number of hydrogen-bond donors (Lipinski definition) is 1. The molecular formula is C16H18FN4OS+. The second-order valence-corrected chi connectivity index (χ2v) is 7.65. The molecule has 1 N–H and O–H groups in total. The van der Waals surface area contributed by atoms with E-state index in [1.807, 2.05) is 10.8 Å². The lowest BCUT2D eigenvalue weighted by Gasteiger charge is -2.14. The van der Waals surface area contributed by atoms with E-state index in [4.69, 9.17) is 0 Å². The largest absolute Gasteiger partial charge is 0.419 e. The molecule has 0 fully saturated rings. The van der Waals surface area contributed by atoms with Crippen LogP contribution in [-0.2, 0) is 6.54 Å². The highest BCUT2D eigenvalue weighted by Crippen LogP contribution is 2.26. The molecule has 5 nitrogen and oxygen atoms in total. The van der Waals surface area contributed by atoms with Gasteiger partial charge in [-0.15, -0.1) is 0 Å². The van der Waals surface area contributed by atoms with Crippen molar-refractivity contribution in [3.8, 4) is 0 Å². The number of hydrogen-bond acceptors (Lipinski definition) is 3. The second kappa shape index (κ2) is 5.73. The molecule has 0 bridgehead atoms. The fourth-order valence-electron chi connectivity index (χ4n) is 2.26. The molecule has 0 saturated carbocycles. The number of fused-ring (bicyclic) bond motifs is 1. The smallest absolute Gasteiger partial charge is 0.263 e. The van der Waals surface area contributed by atoms with Gasteiger partial charge in [0.1, 0.15) is 18.2 Å². The van der Waals surface area contributed by atoms with Gasteiger partial charge in [-0.1, -0.05) is 32.1 Å². The molecule has 0 radical (unpaired) electrons. The molecule has 7 heteroatoms. The van der Waals surface area contributed by atoms with Crippen molar-refractivity contribution in [2.24, 2.45) is 5.41 Å². The van der Waals surface area contributed by atoms with Crippen LogP contribution in [0, 0.1) is 11.2 Å². The third-order valence-corrected chi connectivity index (χ3v) is 4.08. The van der Waals surface area contributed by atoms with Gasteiger partial charge >= 0.3 is 6.03 Å². The van der Waals surface area contributed by atoms with Crippen molar-refractivity contribution in [3.63, 3.8) is 0 Å². The van der Waals surface area contributed by atoms with E-state index in [0.29, 0.717) is 15.3 Å². The lowest BCUT2D eigenvalue weighted by atomic mass is 9.97. The van der Waals surface area contributed by atoms with E-state index in [-0.39, 0.29) is 17.3 Å². The first-order valence-electron chi connectivity index (χ1n) is 7.25. The van der Waals surface area contributed by atoms with Gasteiger partial charge in [0.2, 0.25) is 0 Å². The first-order chi connectivity index (χ1) is 10.8. The van der Waals surface area contributed by atoms with Crippen LogP contribution < -0.4 is 9.88 Å². The third-order valence-electron chi connectivity index (χ3n) is 3.15. The maximum Gasteiger partial charge on any atom is 0.419 e. The summed E-state index contributed by atoms with van der Waals surface area (Å²) in [6.45, 7) is 7.22. The van der Waals surface area contributed by atoms with Gasteiger partial charge in [-0.05, 0) is 23.6 Å². The number of carbonyl (C=O) groups excluding carboxylic acids is 1. The van der Waals surface area contributed by atoms with Crippen LogP contribution in [0.1, 0.15) is 20.8 Å². The molecule has 120 valence electrons. The first-order valence-corrected chi connectivity index (χ1v) is 8.06. The van der Waals surface area contributed by atoms with Crippen LogP contribution in [0.3, 0.4) is 0 Å². The lowest BCUT2D eigenvalue weighted by molar-refractivity contribution is -0.707. The van der Waals surface area contributed by atoms with Gasteiger partial charge in [-0.25, -0.2) is 18.7 Å². The van der Waals surface area contributed by atoms with Gasteiger partial charge in [-0.2, -0.15) is 4.57 Å². The summed E-state index contributed by atoms with van der Waals surface area (Å²) in [7, 11) is 0. The quantitative estimate of drug-likeness (QED) is 0.728. The Labute approximate surface area is 137 Å². The molecule has 2 aromatic heterocycles. The molecule has 3 rings (SSSR count). The number of amides is 1. The Kier molecular flexibility index (Phi) is 3.89. The molecule has 0 unspecified atom stereocenters. The molecule has 3 aromatic rings. The predicted molar refractivity (Wildman–Crippen MR) is 88.1 cm³/mol. The van der Waals surface area contributed by atoms with Gasteiger partial charge in [0.05, 0.1) is 16.8 Å². The summed E-state index contributed by atoms with van der Waals surface area (Å²) in [6, 6.07) is 4.08. The summed E-state index contributed by atoms with van der Waals surface area (Å²) >= 11 is 1.25. The van der Waals surface area contributed by atoms with Crippen molar-refractivity contribution in [1.29, 1.82) is 0 Å². The number of halogens is 1. The zero-order chi connectivity index (χ0) is 16.6. The number of aromatic nitrogens is 3. The highest BCUT2D eigenvalue weighted by molar-refractivity contribution is 7.22. The van der Waals surface area contributed by atoms with Crippen molar-refractivity contribution in [2.75, 3.05) is 5.32 Å². The number of imidazole rings is 1. The minimum Gasteiger partial charge on any atom is -0.263 e.